The lowest BCUT2D eigenvalue weighted by Gasteiger charge is -2.19. The van der Waals surface area contributed by atoms with Crippen LogP contribution in [0.2, 0.25) is 0 Å². The number of urea groups is 1. The maximum Gasteiger partial charge on any atom is 0.321 e. The predicted molar refractivity (Wildman–Crippen MR) is 96.4 cm³/mol. The van der Waals surface area contributed by atoms with Crippen molar-refractivity contribution in [3.63, 3.8) is 0 Å². The number of anilines is 1. The third kappa shape index (κ3) is 3.82. The SMILES string of the molecule is O=C(Nc1cnc2c(c1)COCC2)N1CCC(Cc2ccccc2)C1. The summed E-state index contributed by atoms with van der Waals surface area (Å²) < 4.78 is 5.46. The molecular formula is C20H23N3O2. The summed E-state index contributed by atoms with van der Waals surface area (Å²) in [6.07, 6.45) is 4.68. The molecule has 0 spiro atoms. The Bertz CT molecular complexity index is 748. The molecule has 1 unspecified atom stereocenters. The molecule has 0 radical (unpaired) electrons. The van der Waals surface area contributed by atoms with Gasteiger partial charge in [0.1, 0.15) is 0 Å². The fourth-order valence-electron chi connectivity index (χ4n) is 3.64. The number of pyridine rings is 1. The lowest BCUT2D eigenvalue weighted by Crippen LogP contribution is -2.33. The summed E-state index contributed by atoms with van der Waals surface area (Å²) in [5.41, 5.74) is 4.25. The molecule has 1 N–H and O–H groups in total. The number of fused-ring (bicyclic) bond motifs is 1. The zero-order valence-corrected chi connectivity index (χ0v) is 14.3. The molecule has 1 atom stereocenters. The Hall–Kier alpha value is -2.40. The standard InChI is InChI=1S/C20H23N3O2/c24-20(22-18-11-17-14-25-9-7-19(17)21-12-18)23-8-6-16(13-23)10-15-4-2-1-3-5-15/h1-5,11-12,16H,6-10,13-14H2,(H,22,24). The van der Waals surface area contributed by atoms with Crippen LogP contribution in [0.25, 0.3) is 0 Å². The number of carbonyl (C=O) groups excluding carboxylic acids is 1. The van der Waals surface area contributed by atoms with E-state index in [1.54, 1.807) is 6.20 Å². The molecule has 1 saturated heterocycles. The van der Waals surface area contributed by atoms with Gasteiger partial charge < -0.3 is 15.0 Å². The van der Waals surface area contributed by atoms with E-state index in [2.05, 4.69) is 34.6 Å². The van der Waals surface area contributed by atoms with Crippen LogP contribution >= 0.6 is 0 Å². The molecule has 4 rings (SSSR count). The Kier molecular flexibility index (Phi) is 4.65. The van der Waals surface area contributed by atoms with E-state index < -0.39 is 0 Å². The zero-order valence-electron chi connectivity index (χ0n) is 14.3. The second-order valence-electron chi connectivity index (χ2n) is 6.85. The monoisotopic (exact) mass is 337 g/mol. The van der Waals surface area contributed by atoms with Gasteiger partial charge in [0.15, 0.2) is 0 Å². The highest BCUT2D eigenvalue weighted by Crippen LogP contribution is 2.23. The van der Waals surface area contributed by atoms with Crippen molar-refractivity contribution in [2.45, 2.75) is 25.9 Å². The average molecular weight is 337 g/mol. The molecule has 5 nitrogen and oxygen atoms in total. The Morgan fingerprint density at radius 2 is 2.20 bits per heavy atom. The molecule has 0 saturated carbocycles. The topological polar surface area (TPSA) is 54.5 Å². The summed E-state index contributed by atoms with van der Waals surface area (Å²) in [6.45, 7) is 2.92. The van der Waals surface area contributed by atoms with Crippen LogP contribution in [0, 0.1) is 5.92 Å². The maximum absolute atomic E-state index is 12.5. The normalized spacial score (nSPS) is 19.5. The van der Waals surface area contributed by atoms with E-state index in [0.29, 0.717) is 12.5 Å². The minimum Gasteiger partial charge on any atom is -0.376 e. The summed E-state index contributed by atoms with van der Waals surface area (Å²) in [6, 6.07) is 12.4. The predicted octanol–water partition coefficient (Wildman–Crippen LogP) is 3.25. The number of hydrogen-bond donors (Lipinski definition) is 1. The molecular weight excluding hydrogens is 314 g/mol. The highest BCUT2D eigenvalue weighted by molar-refractivity contribution is 5.89. The van der Waals surface area contributed by atoms with Gasteiger partial charge in [0.2, 0.25) is 0 Å². The number of amides is 2. The summed E-state index contributed by atoms with van der Waals surface area (Å²) >= 11 is 0. The van der Waals surface area contributed by atoms with Gasteiger partial charge in [-0.25, -0.2) is 4.79 Å². The quantitative estimate of drug-likeness (QED) is 0.935. The molecule has 130 valence electrons. The first-order chi connectivity index (χ1) is 12.3. The molecule has 0 aliphatic carbocycles. The van der Waals surface area contributed by atoms with Crippen molar-refractivity contribution in [2.75, 3.05) is 25.0 Å². The van der Waals surface area contributed by atoms with E-state index in [-0.39, 0.29) is 6.03 Å². The van der Waals surface area contributed by atoms with Gasteiger partial charge in [-0.05, 0) is 30.4 Å². The molecule has 0 bridgehead atoms. The zero-order chi connectivity index (χ0) is 17.1. The minimum atomic E-state index is -0.0333. The van der Waals surface area contributed by atoms with Crippen molar-refractivity contribution < 1.29 is 9.53 Å². The van der Waals surface area contributed by atoms with Crippen LogP contribution in [0.4, 0.5) is 10.5 Å². The highest BCUT2D eigenvalue weighted by atomic mass is 16.5. The molecule has 2 aromatic rings. The Labute approximate surface area is 148 Å². The second kappa shape index (κ2) is 7.23. The second-order valence-corrected chi connectivity index (χ2v) is 6.85. The largest absolute Gasteiger partial charge is 0.376 e. The molecule has 2 amide bonds. The smallest absolute Gasteiger partial charge is 0.321 e. The van der Waals surface area contributed by atoms with Crippen LogP contribution in [-0.2, 0) is 24.2 Å². The number of nitrogens with zero attached hydrogens (tertiary/aromatic N) is 2. The van der Waals surface area contributed by atoms with Crippen LogP contribution in [0.5, 0.6) is 0 Å². The number of carbonyl (C=O) groups is 1. The number of likely N-dealkylation sites (tertiary alicyclic amines) is 1. The van der Waals surface area contributed by atoms with Crippen LogP contribution in [0.3, 0.4) is 0 Å². The van der Waals surface area contributed by atoms with Crippen molar-refractivity contribution in [3.8, 4) is 0 Å². The van der Waals surface area contributed by atoms with Crippen molar-refractivity contribution in [1.29, 1.82) is 0 Å². The maximum atomic E-state index is 12.5. The molecule has 2 aliphatic heterocycles. The Balaban J connectivity index is 1.34. The highest BCUT2D eigenvalue weighted by Gasteiger charge is 2.26. The first-order valence-electron chi connectivity index (χ1n) is 8.93. The van der Waals surface area contributed by atoms with Crippen LogP contribution in [-0.4, -0.2) is 35.6 Å². The average Bonchev–Trinajstić information content (AvgIpc) is 3.11. The summed E-state index contributed by atoms with van der Waals surface area (Å²) in [4.78, 5) is 18.9. The fourth-order valence-corrected chi connectivity index (χ4v) is 3.64. The van der Waals surface area contributed by atoms with Crippen molar-refractivity contribution in [3.05, 3.63) is 59.4 Å². The molecule has 1 aromatic heterocycles. The van der Waals surface area contributed by atoms with E-state index in [4.69, 9.17) is 4.74 Å². The van der Waals surface area contributed by atoms with E-state index in [0.717, 1.165) is 55.9 Å². The van der Waals surface area contributed by atoms with Gasteiger partial charge in [-0.1, -0.05) is 30.3 Å². The molecule has 3 heterocycles. The van der Waals surface area contributed by atoms with E-state index in [1.807, 2.05) is 17.0 Å². The van der Waals surface area contributed by atoms with Gasteiger partial charge in [0, 0.05) is 30.8 Å². The van der Waals surface area contributed by atoms with Crippen LogP contribution in [0.15, 0.2) is 42.6 Å². The van der Waals surface area contributed by atoms with Crippen LogP contribution in [0.1, 0.15) is 23.2 Å². The molecule has 25 heavy (non-hydrogen) atoms. The number of aromatic nitrogens is 1. The minimum absolute atomic E-state index is 0.0333. The number of ether oxygens (including phenoxy) is 1. The lowest BCUT2D eigenvalue weighted by atomic mass is 9.99. The van der Waals surface area contributed by atoms with Gasteiger partial charge in [0.05, 0.1) is 25.1 Å². The van der Waals surface area contributed by atoms with E-state index in [9.17, 15) is 4.79 Å². The number of nitrogens with one attached hydrogen (secondary N) is 1. The van der Waals surface area contributed by atoms with Crippen molar-refractivity contribution >= 4 is 11.7 Å². The van der Waals surface area contributed by atoms with Crippen molar-refractivity contribution in [2.24, 2.45) is 5.92 Å². The molecule has 1 fully saturated rings. The lowest BCUT2D eigenvalue weighted by molar-refractivity contribution is 0.109. The van der Waals surface area contributed by atoms with E-state index in [1.165, 1.54) is 5.56 Å². The van der Waals surface area contributed by atoms with E-state index >= 15 is 0 Å². The fraction of sp³-hybridized carbons (Fsp3) is 0.400. The van der Waals surface area contributed by atoms with Gasteiger partial charge in [-0.15, -0.1) is 0 Å². The first kappa shape index (κ1) is 16.1. The van der Waals surface area contributed by atoms with Gasteiger partial charge in [-0.2, -0.15) is 0 Å². The number of benzene rings is 1. The number of rotatable bonds is 3. The Morgan fingerprint density at radius 3 is 3.08 bits per heavy atom. The van der Waals surface area contributed by atoms with Gasteiger partial charge >= 0.3 is 6.03 Å². The first-order valence-corrected chi connectivity index (χ1v) is 8.93. The number of hydrogen-bond acceptors (Lipinski definition) is 3. The summed E-state index contributed by atoms with van der Waals surface area (Å²) in [5.74, 6) is 0.531. The summed E-state index contributed by atoms with van der Waals surface area (Å²) in [7, 11) is 0. The van der Waals surface area contributed by atoms with Gasteiger partial charge in [0.25, 0.3) is 0 Å². The molecule has 1 aromatic carbocycles. The van der Waals surface area contributed by atoms with Gasteiger partial charge in [-0.3, -0.25) is 4.98 Å². The van der Waals surface area contributed by atoms with Crippen molar-refractivity contribution in [1.82, 2.24) is 9.88 Å². The molecule has 2 aliphatic rings. The molecule has 5 heteroatoms. The summed E-state index contributed by atoms with van der Waals surface area (Å²) in [5, 5.41) is 2.99. The Morgan fingerprint density at radius 1 is 1.32 bits per heavy atom. The third-order valence-electron chi connectivity index (χ3n) is 4.99. The third-order valence-corrected chi connectivity index (χ3v) is 4.99. The van der Waals surface area contributed by atoms with Crippen LogP contribution < -0.4 is 5.32 Å².